The SMILES string of the molecule is C1=CC2C=Cc3cc(-c4c5ccccc5c(-c5ccc(-c6cccc7ccccc67)cc5)c5ccccc45)c4ccccc4c3C2C=C1. The van der Waals surface area contributed by atoms with Gasteiger partial charge in [-0.15, -0.1) is 0 Å². The molecule has 224 valence electrons. The van der Waals surface area contributed by atoms with Crippen LogP contribution in [0, 0.1) is 5.92 Å². The molecule has 48 heavy (non-hydrogen) atoms. The molecule has 2 atom stereocenters. The highest BCUT2D eigenvalue weighted by atomic mass is 14.3. The van der Waals surface area contributed by atoms with E-state index in [0.29, 0.717) is 11.8 Å². The zero-order chi connectivity index (χ0) is 31.6. The van der Waals surface area contributed by atoms with E-state index in [1.807, 2.05) is 0 Å². The lowest BCUT2D eigenvalue weighted by Crippen LogP contribution is -2.14. The molecular formula is C48H32. The number of fused-ring (bicyclic) bond motifs is 8. The fourth-order valence-electron chi connectivity index (χ4n) is 8.47. The largest absolute Gasteiger partial charge is 0.0767 e. The third kappa shape index (κ3) is 4.09. The first-order chi connectivity index (χ1) is 23.8. The minimum Gasteiger partial charge on any atom is -0.0767 e. The van der Waals surface area contributed by atoms with Gasteiger partial charge in [0.15, 0.2) is 0 Å². The summed E-state index contributed by atoms with van der Waals surface area (Å²) in [6.07, 6.45) is 13.8. The summed E-state index contributed by atoms with van der Waals surface area (Å²) < 4.78 is 0. The van der Waals surface area contributed by atoms with Crippen LogP contribution >= 0.6 is 0 Å². The van der Waals surface area contributed by atoms with Gasteiger partial charge in [-0.1, -0.05) is 176 Å². The van der Waals surface area contributed by atoms with Gasteiger partial charge in [0.1, 0.15) is 0 Å². The molecule has 10 rings (SSSR count). The first-order valence-electron chi connectivity index (χ1n) is 16.9. The molecular weight excluding hydrogens is 577 g/mol. The van der Waals surface area contributed by atoms with E-state index in [9.17, 15) is 0 Å². The van der Waals surface area contributed by atoms with Crippen molar-refractivity contribution in [3.63, 3.8) is 0 Å². The molecule has 8 aromatic rings. The minimum atomic E-state index is 0.363. The Kier molecular flexibility index (Phi) is 6.11. The van der Waals surface area contributed by atoms with Crippen molar-refractivity contribution in [1.29, 1.82) is 0 Å². The monoisotopic (exact) mass is 608 g/mol. The summed E-state index contributed by atoms with van der Waals surface area (Å²) in [5.41, 5.74) is 10.4. The van der Waals surface area contributed by atoms with Crippen molar-refractivity contribution in [2.24, 2.45) is 5.92 Å². The molecule has 0 fully saturated rings. The molecule has 0 aliphatic heterocycles. The molecule has 0 aromatic heterocycles. The lowest BCUT2D eigenvalue weighted by atomic mass is 9.74. The highest BCUT2D eigenvalue weighted by Crippen LogP contribution is 2.49. The molecule has 0 saturated heterocycles. The van der Waals surface area contributed by atoms with Crippen LogP contribution in [0.5, 0.6) is 0 Å². The minimum absolute atomic E-state index is 0.363. The number of hydrogen-bond acceptors (Lipinski definition) is 0. The van der Waals surface area contributed by atoms with Crippen LogP contribution in [-0.2, 0) is 0 Å². The van der Waals surface area contributed by atoms with Crippen molar-refractivity contribution in [3.05, 3.63) is 187 Å². The van der Waals surface area contributed by atoms with E-state index in [1.54, 1.807) is 0 Å². The van der Waals surface area contributed by atoms with Crippen molar-refractivity contribution in [2.45, 2.75) is 5.92 Å². The zero-order valence-electron chi connectivity index (χ0n) is 26.5. The quantitative estimate of drug-likeness (QED) is 0.175. The summed E-state index contributed by atoms with van der Waals surface area (Å²) in [5, 5.41) is 10.3. The van der Waals surface area contributed by atoms with Crippen LogP contribution in [0.2, 0.25) is 0 Å². The van der Waals surface area contributed by atoms with Gasteiger partial charge in [0, 0.05) is 11.8 Å². The summed E-state index contributed by atoms with van der Waals surface area (Å²) in [6, 6.07) is 54.0. The average Bonchev–Trinajstić information content (AvgIpc) is 3.16. The van der Waals surface area contributed by atoms with Gasteiger partial charge in [-0.05, 0) is 93.7 Å². The highest BCUT2D eigenvalue weighted by Gasteiger charge is 2.28. The van der Waals surface area contributed by atoms with E-state index >= 15 is 0 Å². The van der Waals surface area contributed by atoms with Gasteiger partial charge in [0.2, 0.25) is 0 Å². The molecule has 0 bridgehead atoms. The Morgan fingerprint density at radius 1 is 0.375 bits per heavy atom. The van der Waals surface area contributed by atoms with Crippen LogP contribution in [0.4, 0.5) is 0 Å². The van der Waals surface area contributed by atoms with Crippen molar-refractivity contribution in [1.82, 2.24) is 0 Å². The smallest absolute Gasteiger partial charge is 0.0131 e. The second-order valence-electron chi connectivity index (χ2n) is 13.1. The molecule has 0 heterocycles. The van der Waals surface area contributed by atoms with Crippen molar-refractivity contribution >= 4 is 49.2 Å². The van der Waals surface area contributed by atoms with Gasteiger partial charge in [0.25, 0.3) is 0 Å². The predicted molar refractivity (Wildman–Crippen MR) is 206 cm³/mol. The Balaban J connectivity index is 1.22. The summed E-state index contributed by atoms with van der Waals surface area (Å²) in [6.45, 7) is 0. The van der Waals surface area contributed by atoms with Gasteiger partial charge < -0.3 is 0 Å². The van der Waals surface area contributed by atoms with Crippen LogP contribution in [0.3, 0.4) is 0 Å². The van der Waals surface area contributed by atoms with E-state index in [-0.39, 0.29) is 0 Å². The van der Waals surface area contributed by atoms with Gasteiger partial charge >= 0.3 is 0 Å². The molecule has 0 N–H and O–H groups in total. The molecule has 0 radical (unpaired) electrons. The molecule has 0 heteroatoms. The van der Waals surface area contributed by atoms with E-state index in [0.717, 1.165) is 0 Å². The van der Waals surface area contributed by atoms with Crippen molar-refractivity contribution in [2.75, 3.05) is 0 Å². The van der Waals surface area contributed by atoms with Gasteiger partial charge in [0.05, 0.1) is 0 Å². The lowest BCUT2D eigenvalue weighted by Gasteiger charge is -2.30. The Morgan fingerprint density at radius 3 is 1.67 bits per heavy atom. The maximum absolute atomic E-state index is 2.46. The van der Waals surface area contributed by atoms with Crippen LogP contribution in [0.25, 0.3) is 82.5 Å². The molecule has 2 aliphatic rings. The second-order valence-corrected chi connectivity index (χ2v) is 13.1. The number of benzene rings is 8. The Morgan fingerprint density at radius 2 is 0.938 bits per heavy atom. The predicted octanol–water partition coefficient (Wildman–Crippen LogP) is 13.2. The van der Waals surface area contributed by atoms with Crippen LogP contribution in [-0.4, -0.2) is 0 Å². The molecule has 0 nitrogen and oxygen atoms in total. The van der Waals surface area contributed by atoms with Gasteiger partial charge in [-0.25, -0.2) is 0 Å². The first kappa shape index (κ1) is 27.2. The zero-order valence-corrected chi connectivity index (χ0v) is 26.5. The highest BCUT2D eigenvalue weighted by molar-refractivity contribution is 6.24. The number of allylic oxidation sites excluding steroid dienone is 5. The fourth-order valence-corrected chi connectivity index (χ4v) is 8.47. The number of hydrogen-bond donors (Lipinski definition) is 0. The second kappa shape index (κ2) is 10.8. The van der Waals surface area contributed by atoms with Crippen LogP contribution < -0.4 is 0 Å². The molecule has 0 spiro atoms. The molecule has 8 aromatic carbocycles. The van der Waals surface area contributed by atoms with E-state index in [1.165, 1.54) is 87.6 Å². The van der Waals surface area contributed by atoms with Crippen LogP contribution in [0.15, 0.2) is 176 Å². The van der Waals surface area contributed by atoms with Crippen molar-refractivity contribution in [3.8, 4) is 33.4 Å². The standard InChI is InChI=1S/C48H32/c1-3-15-36-31(12-1)14-11-23-37(36)33-24-27-34(28-25-33)46-41-19-7-9-21-43(41)48(44-22-10-8-20-42(44)46)45-30-35-29-26-32-13-2-4-16-38(32)47(35)40-18-6-5-17-39(40)45/h1-30,32,38H. The molecule has 2 unspecified atom stereocenters. The van der Waals surface area contributed by atoms with E-state index in [4.69, 9.17) is 0 Å². The average molecular weight is 609 g/mol. The van der Waals surface area contributed by atoms with Gasteiger partial charge in [-0.3, -0.25) is 0 Å². The maximum atomic E-state index is 2.46. The molecule has 2 aliphatic carbocycles. The topological polar surface area (TPSA) is 0 Å². The Labute approximate surface area is 280 Å². The molecule has 0 saturated carbocycles. The summed E-state index contributed by atoms with van der Waals surface area (Å²) >= 11 is 0. The number of rotatable bonds is 3. The van der Waals surface area contributed by atoms with E-state index < -0.39 is 0 Å². The normalized spacial score (nSPS) is 16.5. The maximum Gasteiger partial charge on any atom is 0.0131 e. The summed E-state index contributed by atoms with van der Waals surface area (Å²) in [4.78, 5) is 0. The fraction of sp³-hybridized carbons (Fsp3) is 0.0417. The summed E-state index contributed by atoms with van der Waals surface area (Å²) in [7, 11) is 0. The van der Waals surface area contributed by atoms with Crippen LogP contribution in [0.1, 0.15) is 17.0 Å². The summed E-state index contributed by atoms with van der Waals surface area (Å²) in [5.74, 6) is 0.770. The Bertz CT molecular complexity index is 2600. The third-order valence-electron chi connectivity index (χ3n) is 10.6. The van der Waals surface area contributed by atoms with E-state index in [2.05, 4.69) is 182 Å². The third-order valence-corrected chi connectivity index (χ3v) is 10.6. The van der Waals surface area contributed by atoms with Gasteiger partial charge in [-0.2, -0.15) is 0 Å². The van der Waals surface area contributed by atoms with Crippen molar-refractivity contribution < 1.29 is 0 Å². The lowest BCUT2D eigenvalue weighted by molar-refractivity contribution is 0.697. The molecule has 0 amide bonds. The first-order valence-corrected chi connectivity index (χ1v) is 16.9. The Hall–Kier alpha value is -5.98.